The Morgan fingerprint density at radius 3 is 2.32 bits per heavy atom. The van der Waals surface area contributed by atoms with Crippen molar-refractivity contribution in [2.24, 2.45) is 0 Å². The van der Waals surface area contributed by atoms with Gasteiger partial charge in [-0.25, -0.2) is 4.79 Å². The van der Waals surface area contributed by atoms with Gasteiger partial charge in [-0.1, -0.05) is 42.5 Å². The maximum absolute atomic E-state index is 12.2. The van der Waals surface area contributed by atoms with E-state index in [-0.39, 0.29) is 6.03 Å². The Hall–Kier alpha value is -3.47. The fourth-order valence-corrected chi connectivity index (χ4v) is 2.68. The SMILES string of the molecule is CCOc1ccc(CCNC(=O)Nc2ccccc2Oc2ccccc2)cc1. The summed E-state index contributed by atoms with van der Waals surface area (Å²) in [5, 5.41) is 5.72. The topological polar surface area (TPSA) is 59.6 Å². The maximum Gasteiger partial charge on any atom is 0.319 e. The molecule has 0 saturated carbocycles. The lowest BCUT2D eigenvalue weighted by atomic mass is 10.1. The average molecular weight is 376 g/mol. The minimum Gasteiger partial charge on any atom is -0.494 e. The maximum atomic E-state index is 12.2. The highest BCUT2D eigenvalue weighted by atomic mass is 16.5. The van der Waals surface area contributed by atoms with Gasteiger partial charge < -0.3 is 20.1 Å². The van der Waals surface area contributed by atoms with Gasteiger partial charge in [0.05, 0.1) is 12.3 Å². The third-order valence-electron chi connectivity index (χ3n) is 4.04. The molecule has 0 spiro atoms. The van der Waals surface area contributed by atoms with Gasteiger partial charge in [-0.05, 0) is 55.3 Å². The molecule has 0 fully saturated rings. The highest BCUT2D eigenvalue weighted by molar-refractivity contribution is 5.90. The molecular weight excluding hydrogens is 352 g/mol. The zero-order chi connectivity index (χ0) is 19.6. The van der Waals surface area contributed by atoms with Gasteiger partial charge in [-0.15, -0.1) is 0 Å². The van der Waals surface area contributed by atoms with Crippen LogP contribution in [-0.4, -0.2) is 19.2 Å². The van der Waals surface area contributed by atoms with Crippen molar-refractivity contribution in [3.05, 3.63) is 84.4 Å². The van der Waals surface area contributed by atoms with E-state index in [1.165, 1.54) is 0 Å². The van der Waals surface area contributed by atoms with E-state index >= 15 is 0 Å². The fraction of sp³-hybridized carbons (Fsp3) is 0.174. The molecule has 0 aliphatic rings. The van der Waals surface area contributed by atoms with Gasteiger partial charge in [0, 0.05) is 6.54 Å². The van der Waals surface area contributed by atoms with E-state index in [1.807, 2.05) is 85.8 Å². The lowest BCUT2D eigenvalue weighted by Crippen LogP contribution is -2.30. The van der Waals surface area contributed by atoms with Crippen molar-refractivity contribution in [3.8, 4) is 17.2 Å². The molecule has 0 unspecified atom stereocenters. The van der Waals surface area contributed by atoms with Gasteiger partial charge in [0.1, 0.15) is 11.5 Å². The summed E-state index contributed by atoms with van der Waals surface area (Å²) in [6, 6.07) is 24.4. The van der Waals surface area contributed by atoms with Crippen molar-refractivity contribution in [1.82, 2.24) is 5.32 Å². The van der Waals surface area contributed by atoms with Gasteiger partial charge in [-0.2, -0.15) is 0 Å². The van der Waals surface area contributed by atoms with Crippen LogP contribution in [0.2, 0.25) is 0 Å². The zero-order valence-corrected chi connectivity index (χ0v) is 15.9. The first-order chi connectivity index (χ1) is 13.7. The number of urea groups is 1. The minimum atomic E-state index is -0.268. The summed E-state index contributed by atoms with van der Waals surface area (Å²) < 4.78 is 11.3. The third kappa shape index (κ3) is 5.77. The summed E-state index contributed by atoms with van der Waals surface area (Å²) >= 11 is 0. The number of hydrogen-bond acceptors (Lipinski definition) is 3. The highest BCUT2D eigenvalue weighted by Gasteiger charge is 2.08. The molecule has 0 aliphatic carbocycles. The molecule has 0 aliphatic heterocycles. The molecule has 28 heavy (non-hydrogen) atoms. The summed E-state index contributed by atoms with van der Waals surface area (Å²) in [4.78, 5) is 12.2. The molecule has 0 atom stereocenters. The van der Waals surface area contributed by atoms with Crippen LogP contribution >= 0.6 is 0 Å². The van der Waals surface area contributed by atoms with Gasteiger partial charge in [0.15, 0.2) is 5.75 Å². The Morgan fingerprint density at radius 2 is 1.57 bits per heavy atom. The molecule has 5 heteroatoms. The van der Waals surface area contributed by atoms with Crippen LogP contribution in [0, 0.1) is 0 Å². The van der Waals surface area contributed by atoms with Crippen molar-refractivity contribution < 1.29 is 14.3 Å². The fourth-order valence-electron chi connectivity index (χ4n) is 2.68. The summed E-state index contributed by atoms with van der Waals surface area (Å²) in [7, 11) is 0. The second kappa shape index (κ2) is 10.0. The van der Waals surface area contributed by atoms with Crippen LogP contribution in [0.5, 0.6) is 17.2 Å². The van der Waals surface area contributed by atoms with Crippen LogP contribution in [-0.2, 0) is 6.42 Å². The molecule has 144 valence electrons. The number of carbonyl (C=O) groups excluding carboxylic acids is 1. The van der Waals surface area contributed by atoms with Crippen molar-refractivity contribution in [1.29, 1.82) is 0 Å². The van der Waals surface area contributed by atoms with E-state index in [0.29, 0.717) is 30.3 Å². The molecule has 0 aromatic heterocycles. The number of para-hydroxylation sites is 3. The largest absolute Gasteiger partial charge is 0.494 e. The molecule has 5 nitrogen and oxygen atoms in total. The van der Waals surface area contributed by atoms with Crippen LogP contribution in [0.4, 0.5) is 10.5 Å². The van der Waals surface area contributed by atoms with Crippen molar-refractivity contribution in [2.45, 2.75) is 13.3 Å². The smallest absolute Gasteiger partial charge is 0.319 e. The Bertz CT molecular complexity index is 880. The predicted molar refractivity (Wildman–Crippen MR) is 111 cm³/mol. The Morgan fingerprint density at radius 1 is 0.857 bits per heavy atom. The van der Waals surface area contributed by atoms with Crippen LogP contribution in [0.1, 0.15) is 12.5 Å². The number of nitrogens with one attached hydrogen (secondary N) is 2. The number of anilines is 1. The Kier molecular flexibility index (Phi) is 6.90. The van der Waals surface area contributed by atoms with Gasteiger partial charge in [0.25, 0.3) is 0 Å². The molecule has 0 radical (unpaired) electrons. The second-order valence-corrected chi connectivity index (χ2v) is 6.12. The lowest BCUT2D eigenvalue weighted by molar-refractivity contribution is 0.252. The normalized spacial score (nSPS) is 10.2. The molecule has 3 aromatic carbocycles. The molecule has 2 N–H and O–H groups in total. The van der Waals surface area contributed by atoms with Crippen LogP contribution in [0.25, 0.3) is 0 Å². The quantitative estimate of drug-likeness (QED) is 0.565. The first kappa shape index (κ1) is 19.3. The highest BCUT2D eigenvalue weighted by Crippen LogP contribution is 2.28. The van der Waals surface area contributed by atoms with E-state index in [9.17, 15) is 4.79 Å². The first-order valence-electron chi connectivity index (χ1n) is 9.33. The molecule has 0 bridgehead atoms. The number of hydrogen-bond donors (Lipinski definition) is 2. The molecule has 3 aromatic rings. The number of carbonyl (C=O) groups is 1. The van der Waals surface area contributed by atoms with E-state index in [4.69, 9.17) is 9.47 Å². The molecule has 0 saturated heterocycles. The molecular formula is C23H24N2O3. The van der Waals surface area contributed by atoms with Crippen molar-refractivity contribution in [3.63, 3.8) is 0 Å². The first-order valence-corrected chi connectivity index (χ1v) is 9.33. The number of rotatable bonds is 8. The van der Waals surface area contributed by atoms with E-state index in [2.05, 4.69) is 10.6 Å². The Labute approximate surface area is 165 Å². The third-order valence-corrected chi connectivity index (χ3v) is 4.04. The van der Waals surface area contributed by atoms with Gasteiger partial charge in [-0.3, -0.25) is 0 Å². The van der Waals surface area contributed by atoms with E-state index < -0.39 is 0 Å². The predicted octanol–water partition coefficient (Wildman–Crippen LogP) is 5.24. The van der Waals surface area contributed by atoms with Crippen LogP contribution in [0.3, 0.4) is 0 Å². The van der Waals surface area contributed by atoms with Gasteiger partial charge in [0.2, 0.25) is 0 Å². The summed E-state index contributed by atoms with van der Waals surface area (Å²) in [6.07, 6.45) is 0.738. The summed E-state index contributed by atoms with van der Waals surface area (Å²) in [5.41, 5.74) is 1.75. The van der Waals surface area contributed by atoms with Crippen LogP contribution < -0.4 is 20.1 Å². The number of ether oxygens (including phenoxy) is 2. The Balaban J connectivity index is 1.51. The van der Waals surface area contributed by atoms with Crippen molar-refractivity contribution in [2.75, 3.05) is 18.5 Å². The second-order valence-electron chi connectivity index (χ2n) is 6.12. The monoisotopic (exact) mass is 376 g/mol. The molecule has 2 amide bonds. The standard InChI is InChI=1S/C23H24N2O3/c1-2-27-19-14-12-18(13-15-19)16-17-24-23(26)25-21-10-6-7-11-22(21)28-20-8-4-3-5-9-20/h3-15H,2,16-17H2,1H3,(H2,24,25,26). The molecule has 3 rings (SSSR count). The number of benzene rings is 3. The summed E-state index contributed by atoms with van der Waals surface area (Å²) in [6.45, 7) is 3.14. The van der Waals surface area contributed by atoms with Crippen molar-refractivity contribution >= 4 is 11.7 Å². The minimum absolute atomic E-state index is 0.268. The van der Waals surface area contributed by atoms with E-state index in [1.54, 1.807) is 0 Å². The van der Waals surface area contributed by atoms with Gasteiger partial charge >= 0.3 is 6.03 Å². The lowest BCUT2D eigenvalue weighted by Gasteiger charge is -2.13. The average Bonchev–Trinajstić information content (AvgIpc) is 2.72. The van der Waals surface area contributed by atoms with Crippen LogP contribution in [0.15, 0.2) is 78.9 Å². The van der Waals surface area contributed by atoms with E-state index in [0.717, 1.165) is 17.7 Å². The molecule has 0 heterocycles. The number of amides is 2. The summed E-state index contributed by atoms with van der Waals surface area (Å²) in [5.74, 6) is 2.16. The zero-order valence-electron chi connectivity index (χ0n) is 15.9.